The first-order valence-electron chi connectivity index (χ1n) is 5.65. The molecule has 0 saturated carbocycles. The largest absolute Gasteiger partial charge is 0.384 e. The molecule has 0 radical (unpaired) electrons. The van der Waals surface area contributed by atoms with Gasteiger partial charge in [-0.3, -0.25) is 0 Å². The number of hydrogen-bond donors (Lipinski definition) is 1. The Morgan fingerprint density at radius 2 is 1.95 bits per heavy atom. The second-order valence-corrected chi connectivity index (χ2v) is 6.12. The van der Waals surface area contributed by atoms with Gasteiger partial charge in [-0.1, -0.05) is 18.2 Å². The topological polar surface area (TPSA) is 20.2 Å². The number of benzene rings is 2. The van der Waals surface area contributed by atoms with Crippen molar-refractivity contribution in [3.8, 4) is 0 Å². The SMILES string of the molecule is OC1c2ccc(F)c(F)c2CSc2c(Br)cccc21. The van der Waals surface area contributed by atoms with Crippen molar-refractivity contribution in [2.75, 3.05) is 0 Å². The number of aliphatic hydroxyl groups excluding tert-OH is 1. The maximum Gasteiger partial charge on any atom is 0.163 e. The molecule has 5 heteroatoms. The van der Waals surface area contributed by atoms with Gasteiger partial charge in [0.05, 0.1) is 0 Å². The van der Waals surface area contributed by atoms with Gasteiger partial charge in [-0.05, 0) is 39.2 Å². The third-order valence-electron chi connectivity index (χ3n) is 3.18. The van der Waals surface area contributed by atoms with Crippen LogP contribution in [0.15, 0.2) is 39.7 Å². The second kappa shape index (κ2) is 4.89. The van der Waals surface area contributed by atoms with E-state index in [2.05, 4.69) is 15.9 Å². The van der Waals surface area contributed by atoms with Gasteiger partial charge in [-0.25, -0.2) is 8.78 Å². The van der Waals surface area contributed by atoms with Gasteiger partial charge >= 0.3 is 0 Å². The van der Waals surface area contributed by atoms with E-state index >= 15 is 0 Å². The molecule has 0 aliphatic carbocycles. The zero-order valence-corrected chi connectivity index (χ0v) is 12.1. The van der Waals surface area contributed by atoms with Crippen LogP contribution in [0.2, 0.25) is 0 Å². The van der Waals surface area contributed by atoms with E-state index < -0.39 is 17.7 Å². The number of hydrogen-bond acceptors (Lipinski definition) is 2. The molecular weight excluding hydrogens is 334 g/mol. The van der Waals surface area contributed by atoms with E-state index in [1.54, 1.807) is 6.07 Å². The molecule has 0 amide bonds. The molecule has 0 bridgehead atoms. The van der Waals surface area contributed by atoms with Crippen LogP contribution in [0, 0.1) is 11.6 Å². The lowest BCUT2D eigenvalue weighted by molar-refractivity contribution is 0.216. The predicted octanol–water partition coefficient (Wildman–Crippen LogP) is 4.41. The summed E-state index contributed by atoms with van der Waals surface area (Å²) < 4.78 is 28.0. The molecule has 1 nitrogen and oxygen atoms in total. The third kappa shape index (κ3) is 2.10. The summed E-state index contributed by atoms with van der Waals surface area (Å²) in [5, 5.41) is 10.4. The Balaban J connectivity index is 2.22. The molecule has 1 unspecified atom stereocenters. The summed E-state index contributed by atoms with van der Waals surface area (Å²) in [6.07, 6.45) is -0.937. The number of fused-ring (bicyclic) bond motifs is 2. The quantitative estimate of drug-likeness (QED) is 0.764. The average molecular weight is 343 g/mol. The molecule has 3 rings (SSSR count). The second-order valence-electron chi connectivity index (χ2n) is 4.28. The highest BCUT2D eigenvalue weighted by molar-refractivity contribution is 9.10. The number of thioether (sulfide) groups is 1. The van der Waals surface area contributed by atoms with Crippen molar-refractivity contribution >= 4 is 27.7 Å². The van der Waals surface area contributed by atoms with Crippen molar-refractivity contribution in [1.82, 2.24) is 0 Å². The molecule has 1 N–H and O–H groups in total. The molecule has 2 aromatic rings. The summed E-state index contributed by atoms with van der Waals surface area (Å²) in [4.78, 5) is 0.867. The summed E-state index contributed by atoms with van der Waals surface area (Å²) in [6.45, 7) is 0. The summed E-state index contributed by atoms with van der Waals surface area (Å²) >= 11 is 4.81. The van der Waals surface area contributed by atoms with Gasteiger partial charge in [0.15, 0.2) is 11.6 Å². The smallest absolute Gasteiger partial charge is 0.163 e. The molecule has 0 spiro atoms. The van der Waals surface area contributed by atoms with Gasteiger partial charge in [-0.15, -0.1) is 11.8 Å². The fraction of sp³-hybridized carbons (Fsp3) is 0.143. The fourth-order valence-electron chi connectivity index (χ4n) is 2.22. The lowest BCUT2D eigenvalue weighted by atomic mass is 9.97. The Hall–Kier alpha value is -0.910. The van der Waals surface area contributed by atoms with Gasteiger partial charge in [-0.2, -0.15) is 0 Å². The maximum atomic E-state index is 13.8. The minimum absolute atomic E-state index is 0.237. The maximum absolute atomic E-state index is 13.8. The first-order chi connectivity index (χ1) is 9.09. The molecule has 0 aromatic heterocycles. The van der Waals surface area contributed by atoms with Crippen molar-refractivity contribution < 1.29 is 13.9 Å². The van der Waals surface area contributed by atoms with Crippen molar-refractivity contribution in [2.24, 2.45) is 0 Å². The van der Waals surface area contributed by atoms with Crippen LogP contribution in [0.4, 0.5) is 8.78 Å². The lowest BCUT2D eigenvalue weighted by Gasteiger charge is -2.14. The van der Waals surface area contributed by atoms with E-state index in [0.717, 1.165) is 15.4 Å². The van der Waals surface area contributed by atoms with Crippen LogP contribution in [0.3, 0.4) is 0 Å². The zero-order valence-electron chi connectivity index (χ0n) is 9.66. The highest BCUT2D eigenvalue weighted by Gasteiger charge is 2.26. The Morgan fingerprint density at radius 1 is 1.16 bits per heavy atom. The van der Waals surface area contributed by atoms with Gasteiger partial charge in [0.1, 0.15) is 6.10 Å². The molecule has 1 aliphatic heterocycles. The molecule has 1 atom stereocenters. The van der Waals surface area contributed by atoms with Gasteiger partial charge in [0, 0.05) is 20.7 Å². The summed E-state index contributed by atoms with van der Waals surface area (Å²) in [6, 6.07) is 8.00. The normalized spacial score (nSPS) is 17.6. The number of rotatable bonds is 0. The molecule has 1 heterocycles. The Labute approximate surface area is 121 Å². The van der Waals surface area contributed by atoms with Crippen molar-refractivity contribution in [3.05, 3.63) is 63.1 Å². The van der Waals surface area contributed by atoms with Crippen molar-refractivity contribution in [1.29, 1.82) is 0 Å². The number of halogens is 3. The molecular formula is C14H9BrF2OS. The van der Waals surface area contributed by atoms with Crippen LogP contribution in [0.1, 0.15) is 22.8 Å². The summed E-state index contributed by atoms with van der Waals surface area (Å²) in [5.74, 6) is -1.45. The van der Waals surface area contributed by atoms with Gasteiger partial charge in [0.2, 0.25) is 0 Å². The first kappa shape index (κ1) is 13.1. The predicted molar refractivity (Wildman–Crippen MR) is 74.1 cm³/mol. The summed E-state index contributed by atoms with van der Waals surface area (Å²) in [7, 11) is 0. The average Bonchev–Trinajstić information content (AvgIpc) is 2.54. The van der Waals surface area contributed by atoms with Crippen LogP contribution >= 0.6 is 27.7 Å². The van der Waals surface area contributed by atoms with Crippen LogP contribution in [-0.2, 0) is 5.75 Å². The van der Waals surface area contributed by atoms with E-state index in [0.29, 0.717) is 16.9 Å². The van der Waals surface area contributed by atoms with E-state index in [4.69, 9.17) is 0 Å². The minimum Gasteiger partial charge on any atom is -0.384 e. The molecule has 0 fully saturated rings. The zero-order chi connectivity index (χ0) is 13.6. The third-order valence-corrected chi connectivity index (χ3v) is 5.28. The Bertz CT molecular complexity index is 660. The van der Waals surface area contributed by atoms with Crippen LogP contribution in [0.25, 0.3) is 0 Å². The summed E-state index contributed by atoms with van der Waals surface area (Å²) in [5.41, 5.74) is 1.38. The highest BCUT2D eigenvalue weighted by Crippen LogP contribution is 2.43. The van der Waals surface area contributed by atoms with Crippen LogP contribution < -0.4 is 0 Å². The standard InChI is InChI=1S/C14H9BrF2OS/c15-10-3-1-2-8-13(18)7-4-5-11(16)12(17)9(7)6-19-14(8)10/h1-5,13,18H,6H2. The molecule has 2 aromatic carbocycles. The van der Waals surface area contributed by atoms with Gasteiger partial charge < -0.3 is 5.11 Å². The first-order valence-corrected chi connectivity index (χ1v) is 7.43. The molecule has 1 aliphatic rings. The monoisotopic (exact) mass is 342 g/mol. The van der Waals surface area contributed by atoms with Gasteiger partial charge in [0.25, 0.3) is 0 Å². The van der Waals surface area contributed by atoms with E-state index in [1.807, 2.05) is 12.1 Å². The van der Waals surface area contributed by atoms with E-state index in [-0.39, 0.29) is 5.56 Å². The van der Waals surface area contributed by atoms with Crippen LogP contribution in [-0.4, -0.2) is 5.11 Å². The van der Waals surface area contributed by atoms with Crippen molar-refractivity contribution in [2.45, 2.75) is 16.8 Å². The fourth-order valence-corrected chi connectivity index (χ4v) is 4.07. The lowest BCUT2D eigenvalue weighted by Crippen LogP contribution is -2.05. The highest BCUT2D eigenvalue weighted by atomic mass is 79.9. The Kier molecular flexibility index (Phi) is 3.37. The van der Waals surface area contributed by atoms with E-state index in [9.17, 15) is 13.9 Å². The minimum atomic E-state index is -0.937. The Morgan fingerprint density at radius 3 is 2.74 bits per heavy atom. The molecule has 19 heavy (non-hydrogen) atoms. The van der Waals surface area contributed by atoms with Crippen LogP contribution in [0.5, 0.6) is 0 Å². The van der Waals surface area contributed by atoms with Crippen molar-refractivity contribution in [3.63, 3.8) is 0 Å². The molecule has 98 valence electrons. The number of aliphatic hydroxyl groups is 1. The van der Waals surface area contributed by atoms with E-state index in [1.165, 1.54) is 17.8 Å². The molecule has 0 saturated heterocycles.